The van der Waals surface area contributed by atoms with E-state index in [9.17, 15) is 4.79 Å². The Balaban J connectivity index is 2.58. The summed E-state index contributed by atoms with van der Waals surface area (Å²) >= 11 is 0. The zero-order chi connectivity index (χ0) is 12.6. The normalized spacial score (nSPS) is 11.7. The van der Waals surface area contributed by atoms with Gasteiger partial charge in [-0.2, -0.15) is 0 Å². The number of carboxylic acids is 1. The quantitative estimate of drug-likeness (QED) is 0.818. The van der Waals surface area contributed by atoms with Crippen molar-refractivity contribution < 1.29 is 9.90 Å². The highest BCUT2D eigenvalue weighted by molar-refractivity contribution is 5.92. The lowest BCUT2D eigenvalue weighted by molar-refractivity contribution is 0.0697. The molecule has 4 nitrogen and oxygen atoms in total. The second kappa shape index (κ2) is 3.80. The number of fused-ring (bicyclic) bond motifs is 1. The highest BCUT2D eigenvalue weighted by atomic mass is 16.4. The van der Waals surface area contributed by atoms with E-state index in [2.05, 4.69) is 9.97 Å². The zero-order valence-corrected chi connectivity index (χ0v) is 10.1. The van der Waals surface area contributed by atoms with E-state index in [1.165, 1.54) is 0 Å². The van der Waals surface area contributed by atoms with Gasteiger partial charge in [0.05, 0.1) is 11.1 Å². The molecule has 17 heavy (non-hydrogen) atoms. The molecule has 0 spiro atoms. The van der Waals surface area contributed by atoms with Crippen LogP contribution in [0, 0.1) is 0 Å². The Kier molecular flexibility index (Phi) is 2.58. The Labute approximate surface area is 99.3 Å². The van der Waals surface area contributed by atoms with E-state index in [1.807, 2.05) is 20.8 Å². The monoisotopic (exact) mass is 230 g/mol. The van der Waals surface area contributed by atoms with Gasteiger partial charge in [-0.05, 0) is 18.2 Å². The lowest BCUT2D eigenvalue weighted by Gasteiger charge is -2.16. The van der Waals surface area contributed by atoms with Crippen molar-refractivity contribution in [2.75, 3.05) is 0 Å². The Hall–Kier alpha value is -1.97. The van der Waals surface area contributed by atoms with Crippen LogP contribution in [-0.2, 0) is 5.41 Å². The summed E-state index contributed by atoms with van der Waals surface area (Å²) in [5, 5.41) is 9.64. The van der Waals surface area contributed by atoms with Gasteiger partial charge in [0.15, 0.2) is 0 Å². The van der Waals surface area contributed by atoms with Crippen molar-refractivity contribution >= 4 is 16.9 Å². The Morgan fingerprint density at radius 1 is 1.29 bits per heavy atom. The van der Waals surface area contributed by atoms with Crippen LogP contribution < -0.4 is 0 Å². The van der Waals surface area contributed by atoms with Crippen LogP contribution in [0.25, 0.3) is 10.9 Å². The van der Waals surface area contributed by atoms with E-state index >= 15 is 0 Å². The molecular formula is C13H14N2O2. The Morgan fingerprint density at radius 2 is 2.00 bits per heavy atom. The fraction of sp³-hybridized carbons (Fsp3) is 0.308. The minimum atomic E-state index is -0.938. The first-order valence-electron chi connectivity index (χ1n) is 5.38. The minimum absolute atomic E-state index is 0.111. The van der Waals surface area contributed by atoms with E-state index in [-0.39, 0.29) is 11.0 Å². The summed E-state index contributed by atoms with van der Waals surface area (Å²) in [5.41, 5.74) is 0.916. The predicted molar refractivity (Wildman–Crippen MR) is 65.2 cm³/mol. The topological polar surface area (TPSA) is 63.1 Å². The van der Waals surface area contributed by atoms with Gasteiger partial charge in [-0.15, -0.1) is 0 Å². The van der Waals surface area contributed by atoms with Crippen LogP contribution in [0.4, 0.5) is 0 Å². The highest BCUT2D eigenvalue weighted by Crippen LogP contribution is 2.21. The summed E-state index contributed by atoms with van der Waals surface area (Å²) in [4.78, 5) is 19.5. The first-order valence-corrected chi connectivity index (χ1v) is 5.38. The summed E-state index contributed by atoms with van der Waals surface area (Å²) < 4.78 is 0. The molecule has 0 aliphatic rings. The molecule has 0 aliphatic carbocycles. The van der Waals surface area contributed by atoms with E-state index in [4.69, 9.17) is 5.11 Å². The third-order valence-electron chi connectivity index (χ3n) is 2.50. The van der Waals surface area contributed by atoms with Crippen molar-refractivity contribution in [1.29, 1.82) is 0 Å². The van der Waals surface area contributed by atoms with Gasteiger partial charge in [-0.25, -0.2) is 14.8 Å². The molecule has 0 unspecified atom stereocenters. The molecule has 0 bridgehead atoms. The number of aromatic carboxylic acids is 1. The maximum atomic E-state index is 10.8. The van der Waals surface area contributed by atoms with Crippen LogP contribution in [0.15, 0.2) is 24.4 Å². The van der Waals surface area contributed by atoms with Crippen LogP contribution in [0.2, 0.25) is 0 Å². The van der Waals surface area contributed by atoms with Crippen LogP contribution >= 0.6 is 0 Å². The average molecular weight is 230 g/mol. The summed E-state index contributed by atoms with van der Waals surface area (Å²) in [6.45, 7) is 6.12. The largest absolute Gasteiger partial charge is 0.478 e. The smallest absolute Gasteiger partial charge is 0.335 e. The number of nitrogens with zero attached hydrogens (tertiary/aromatic N) is 2. The SMILES string of the molecule is CC(C)(C)c1ncc2cc(C(=O)O)ccc2n1. The number of benzene rings is 1. The molecule has 4 heteroatoms. The average Bonchev–Trinajstić information content (AvgIpc) is 2.26. The molecule has 0 saturated carbocycles. The first kappa shape index (κ1) is 11.5. The van der Waals surface area contributed by atoms with Crippen LogP contribution in [0.3, 0.4) is 0 Å². The molecule has 0 saturated heterocycles. The molecule has 0 amide bonds. The van der Waals surface area contributed by atoms with Gasteiger partial charge in [-0.1, -0.05) is 20.8 Å². The predicted octanol–water partition coefficient (Wildman–Crippen LogP) is 2.63. The molecule has 0 radical (unpaired) electrons. The third kappa shape index (κ3) is 2.25. The van der Waals surface area contributed by atoms with Crippen molar-refractivity contribution in [2.24, 2.45) is 0 Å². The number of hydrogen-bond donors (Lipinski definition) is 1. The van der Waals surface area contributed by atoms with Crippen molar-refractivity contribution in [3.05, 3.63) is 35.8 Å². The maximum absolute atomic E-state index is 10.8. The van der Waals surface area contributed by atoms with E-state index in [1.54, 1.807) is 24.4 Å². The number of aromatic nitrogens is 2. The third-order valence-corrected chi connectivity index (χ3v) is 2.50. The molecular weight excluding hydrogens is 216 g/mol. The fourth-order valence-electron chi connectivity index (χ4n) is 1.53. The van der Waals surface area contributed by atoms with Crippen molar-refractivity contribution in [3.63, 3.8) is 0 Å². The van der Waals surface area contributed by atoms with Crippen molar-refractivity contribution in [2.45, 2.75) is 26.2 Å². The maximum Gasteiger partial charge on any atom is 0.335 e. The number of rotatable bonds is 1. The number of hydrogen-bond acceptors (Lipinski definition) is 3. The van der Waals surface area contributed by atoms with Gasteiger partial charge < -0.3 is 5.11 Å². The molecule has 1 N–H and O–H groups in total. The van der Waals surface area contributed by atoms with Crippen LogP contribution in [0.5, 0.6) is 0 Å². The van der Waals surface area contributed by atoms with Crippen molar-refractivity contribution in [3.8, 4) is 0 Å². The standard InChI is InChI=1S/C13H14N2O2/c1-13(2,3)12-14-7-9-6-8(11(16)17)4-5-10(9)15-12/h4-7H,1-3H3,(H,16,17). The Morgan fingerprint density at radius 3 is 2.59 bits per heavy atom. The summed E-state index contributed by atoms with van der Waals surface area (Å²) in [5.74, 6) is -0.181. The first-order chi connectivity index (χ1) is 7.88. The zero-order valence-electron chi connectivity index (χ0n) is 10.1. The second-order valence-electron chi connectivity index (χ2n) is 5.02. The molecule has 2 rings (SSSR count). The van der Waals surface area contributed by atoms with Gasteiger partial charge in [0.2, 0.25) is 0 Å². The van der Waals surface area contributed by atoms with Gasteiger partial charge in [0.1, 0.15) is 5.82 Å². The number of carboxylic acid groups (broad SMARTS) is 1. The number of carbonyl (C=O) groups is 1. The van der Waals surface area contributed by atoms with E-state index in [0.29, 0.717) is 0 Å². The van der Waals surface area contributed by atoms with Gasteiger partial charge in [-0.3, -0.25) is 0 Å². The van der Waals surface area contributed by atoms with Gasteiger partial charge in [0.25, 0.3) is 0 Å². The van der Waals surface area contributed by atoms with Crippen molar-refractivity contribution in [1.82, 2.24) is 9.97 Å². The van der Waals surface area contributed by atoms with Gasteiger partial charge in [0, 0.05) is 17.0 Å². The summed E-state index contributed by atoms with van der Waals surface area (Å²) in [6.07, 6.45) is 1.68. The molecule has 1 aromatic heterocycles. The highest BCUT2D eigenvalue weighted by Gasteiger charge is 2.17. The van der Waals surface area contributed by atoms with Crippen LogP contribution in [-0.4, -0.2) is 21.0 Å². The molecule has 88 valence electrons. The van der Waals surface area contributed by atoms with E-state index < -0.39 is 5.97 Å². The lowest BCUT2D eigenvalue weighted by Crippen LogP contribution is -2.15. The Bertz CT molecular complexity index is 585. The molecule has 0 atom stereocenters. The molecule has 2 aromatic rings. The van der Waals surface area contributed by atoms with Gasteiger partial charge >= 0.3 is 5.97 Å². The molecule has 0 aliphatic heterocycles. The second-order valence-corrected chi connectivity index (χ2v) is 5.02. The molecule has 0 fully saturated rings. The lowest BCUT2D eigenvalue weighted by atomic mass is 9.95. The van der Waals surface area contributed by atoms with E-state index in [0.717, 1.165) is 16.7 Å². The fourth-order valence-corrected chi connectivity index (χ4v) is 1.53. The summed E-state index contributed by atoms with van der Waals surface area (Å²) in [7, 11) is 0. The summed E-state index contributed by atoms with van der Waals surface area (Å²) in [6, 6.07) is 4.86. The molecule has 1 heterocycles. The minimum Gasteiger partial charge on any atom is -0.478 e. The van der Waals surface area contributed by atoms with Crippen LogP contribution in [0.1, 0.15) is 37.0 Å². The molecule has 1 aromatic carbocycles.